The van der Waals surface area contributed by atoms with Crippen LogP contribution in [0.1, 0.15) is 48.8 Å². The zero-order chi connectivity index (χ0) is 29.2. The summed E-state index contributed by atoms with van der Waals surface area (Å²) >= 11 is 5.61. The lowest BCUT2D eigenvalue weighted by Gasteiger charge is -2.12. The number of aryl methyl sites for hydroxylation is 1. The quantitative estimate of drug-likeness (QED) is 0.276. The second kappa shape index (κ2) is 18.2. The first-order valence-corrected chi connectivity index (χ1v) is 12.5. The summed E-state index contributed by atoms with van der Waals surface area (Å²) in [5.74, 6) is -1.08. The maximum Gasteiger partial charge on any atom is 0.305 e. The molecule has 0 aliphatic carbocycles. The van der Waals surface area contributed by atoms with Gasteiger partial charge in [0.15, 0.2) is 17.2 Å². The van der Waals surface area contributed by atoms with E-state index in [9.17, 15) is 14.4 Å². The van der Waals surface area contributed by atoms with Crippen LogP contribution in [-0.4, -0.2) is 42.8 Å². The summed E-state index contributed by atoms with van der Waals surface area (Å²) in [5, 5.41) is 0.801. The minimum Gasteiger partial charge on any atom is -0.493 e. The molecule has 0 saturated carbocycles. The average Bonchev–Trinajstić information content (AvgIpc) is 2.91. The average molecular weight is 559 g/mol. The second-order valence-electron chi connectivity index (χ2n) is 8.09. The molecule has 0 aliphatic heterocycles. The van der Waals surface area contributed by atoms with Crippen molar-refractivity contribution in [1.29, 1.82) is 0 Å². The van der Waals surface area contributed by atoms with Gasteiger partial charge in [0.05, 0.1) is 7.11 Å². The molecule has 1 amide bonds. The maximum atomic E-state index is 11.1. The Morgan fingerprint density at radius 3 is 2.18 bits per heavy atom. The Labute approximate surface area is 234 Å². The first-order chi connectivity index (χ1) is 18.6. The Hall–Kier alpha value is -4.11. The monoisotopic (exact) mass is 558 g/mol. The van der Waals surface area contributed by atoms with E-state index < -0.39 is 11.9 Å². The van der Waals surface area contributed by atoms with Gasteiger partial charge in [-0.25, -0.2) is 4.98 Å². The van der Waals surface area contributed by atoms with E-state index in [-0.39, 0.29) is 36.1 Å². The van der Waals surface area contributed by atoms with Crippen molar-refractivity contribution in [2.45, 2.75) is 46.6 Å². The molecule has 39 heavy (non-hydrogen) atoms. The van der Waals surface area contributed by atoms with E-state index in [1.807, 2.05) is 68.4 Å². The van der Waals surface area contributed by atoms with Gasteiger partial charge in [0.25, 0.3) is 5.91 Å². The number of ether oxygens (including phenoxy) is 4. The van der Waals surface area contributed by atoms with Crippen LogP contribution in [0.4, 0.5) is 0 Å². The lowest BCUT2D eigenvalue weighted by Crippen LogP contribution is -2.17. The van der Waals surface area contributed by atoms with Crippen molar-refractivity contribution in [3.63, 3.8) is 0 Å². The molecule has 1 unspecified atom stereocenters. The number of pyridine rings is 1. The number of halogens is 1. The van der Waals surface area contributed by atoms with E-state index in [0.717, 1.165) is 11.4 Å². The summed E-state index contributed by atoms with van der Waals surface area (Å²) in [7, 11) is 1.40. The Kier molecular flexibility index (Phi) is 15.4. The predicted octanol–water partition coefficient (Wildman–Crippen LogP) is 5.31. The zero-order valence-corrected chi connectivity index (χ0v) is 23.6. The molecule has 10 heteroatoms. The summed E-state index contributed by atoms with van der Waals surface area (Å²) in [6, 6.07) is 19.3. The van der Waals surface area contributed by atoms with Crippen LogP contribution in [-0.2, 0) is 25.5 Å². The van der Waals surface area contributed by atoms with Crippen molar-refractivity contribution in [3.8, 4) is 11.5 Å². The van der Waals surface area contributed by atoms with Gasteiger partial charge in [-0.1, -0.05) is 66.6 Å². The predicted molar refractivity (Wildman–Crippen MR) is 149 cm³/mol. The molecule has 0 bridgehead atoms. The van der Waals surface area contributed by atoms with Crippen LogP contribution in [0.3, 0.4) is 0 Å². The van der Waals surface area contributed by atoms with E-state index in [1.165, 1.54) is 37.4 Å². The van der Waals surface area contributed by atoms with E-state index in [0.29, 0.717) is 6.42 Å². The fraction of sp³-hybridized carbons (Fsp3) is 0.310. The molecule has 1 atom stereocenters. The molecule has 2 N–H and O–H groups in total. The molecule has 1 heterocycles. The van der Waals surface area contributed by atoms with Crippen molar-refractivity contribution < 1.29 is 33.3 Å². The van der Waals surface area contributed by atoms with Crippen LogP contribution in [0.25, 0.3) is 0 Å². The lowest BCUT2D eigenvalue weighted by molar-refractivity contribution is -0.148. The molecule has 0 fully saturated rings. The van der Waals surface area contributed by atoms with Gasteiger partial charge in [0.2, 0.25) is 6.79 Å². The first kappa shape index (κ1) is 32.9. The Balaban J connectivity index is 0.000000310. The Morgan fingerprint density at radius 2 is 1.67 bits per heavy atom. The molecular weight excluding hydrogens is 524 g/mol. The van der Waals surface area contributed by atoms with Crippen LogP contribution < -0.4 is 15.2 Å². The SMILES string of the molecule is CCC(=O)OC(C)Cc1ccccc1.COc1ccnc(C(N)=O)c1OCOC(C)=O.Cc1ccc(Cl)cc1. The first-order valence-electron chi connectivity index (χ1n) is 12.1. The Morgan fingerprint density at radius 1 is 1.03 bits per heavy atom. The van der Waals surface area contributed by atoms with Crippen LogP contribution in [0, 0.1) is 6.92 Å². The van der Waals surface area contributed by atoms with Crippen molar-refractivity contribution >= 4 is 29.4 Å². The van der Waals surface area contributed by atoms with Crippen molar-refractivity contribution in [2.75, 3.05) is 13.9 Å². The van der Waals surface area contributed by atoms with Gasteiger partial charge in [-0.2, -0.15) is 0 Å². The highest BCUT2D eigenvalue weighted by atomic mass is 35.5. The number of carbonyl (C=O) groups excluding carboxylic acids is 3. The number of amides is 1. The molecule has 0 spiro atoms. The van der Waals surface area contributed by atoms with Crippen LogP contribution in [0.5, 0.6) is 11.5 Å². The summed E-state index contributed by atoms with van der Waals surface area (Å²) in [4.78, 5) is 36.4. The van der Waals surface area contributed by atoms with E-state index in [2.05, 4.69) is 9.72 Å². The number of nitrogens with zero attached hydrogens (tertiary/aromatic N) is 1. The minimum atomic E-state index is -0.762. The van der Waals surface area contributed by atoms with Crippen LogP contribution in [0.15, 0.2) is 66.9 Å². The number of hydrogen-bond donors (Lipinski definition) is 1. The number of esters is 2. The van der Waals surface area contributed by atoms with Gasteiger partial charge in [-0.3, -0.25) is 14.4 Å². The van der Waals surface area contributed by atoms with Crippen molar-refractivity contribution in [2.24, 2.45) is 5.73 Å². The number of aromatic nitrogens is 1. The summed E-state index contributed by atoms with van der Waals surface area (Å²) < 4.78 is 19.8. The maximum absolute atomic E-state index is 11.1. The van der Waals surface area contributed by atoms with Gasteiger partial charge in [-0.15, -0.1) is 0 Å². The zero-order valence-electron chi connectivity index (χ0n) is 22.8. The van der Waals surface area contributed by atoms with Crippen LogP contribution >= 0.6 is 11.6 Å². The second-order valence-corrected chi connectivity index (χ2v) is 8.53. The van der Waals surface area contributed by atoms with Gasteiger partial charge in [-0.05, 0) is 31.5 Å². The van der Waals surface area contributed by atoms with Gasteiger partial charge in [0.1, 0.15) is 6.10 Å². The Bertz CT molecular complexity index is 1150. The highest BCUT2D eigenvalue weighted by Gasteiger charge is 2.16. The largest absolute Gasteiger partial charge is 0.493 e. The standard InChI is InChI=1S/C12H16O2.C10H12N2O5.C7H7Cl/c1-3-12(13)14-10(2)9-11-7-5-4-6-8-11;1-6(13)16-5-17-9-7(15-2)3-4-12-8(9)10(11)14;1-6-2-4-7(8)5-3-6/h4-8,10H,3,9H2,1-2H3;3-4H,5H2,1-2H3,(H2,11,14);2-5H,1H3. The number of benzene rings is 2. The number of rotatable bonds is 9. The number of nitrogens with two attached hydrogens (primary N) is 1. The lowest BCUT2D eigenvalue weighted by atomic mass is 10.1. The molecule has 3 aromatic rings. The van der Waals surface area contributed by atoms with Crippen molar-refractivity contribution in [1.82, 2.24) is 4.98 Å². The van der Waals surface area contributed by atoms with Gasteiger partial charge in [0, 0.05) is 37.1 Å². The fourth-order valence-corrected chi connectivity index (χ4v) is 3.03. The minimum absolute atomic E-state index is 0.0372. The molecule has 210 valence electrons. The number of methoxy groups -OCH3 is 1. The third-order valence-corrected chi connectivity index (χ3v) is 5.04. The summed E-state index contributed by atoms with van der Waals surface area (Å²) in [5.41, 5.74) is 7.48. The van der Waals surface area contributed by atoms with Gasteiger partial charge >= 0.3 is 11.9 Å². The highest BCUT2D eigenvalue weighted by molar-refractivity contribution is 6.30. The van der Waals surface area contributed by atoms with Gasteiger partial charge < -0.3 is 24.7 Å². The smallest absolute Gasteiger partial charge is 0.305 e. The van der Waals surface area contributed by atoms with E-state index in [4.69, 9.17) is 31.5 Å². The molecular formula is C29H35ClN2O7. The highest BCUT2D eigenvalue weighted by Crippen LogP contribution is 2.29. The molecule has 9 nitrogen and oxygen atoms in total. The number of primary amides is 1. The fourth-order valence-electron chi connectivity index (χ4n) is 2.91. The molecule has 2 aromatic carbocycles. The molecule has 0 radical (unpaired) electrons. The summed E-state index contributed by atoms with van der Waals surface area (Å²) in [6.07, 6.45) is 2.55. The summed E-state index contributed by atoms with van der Waals surface area (Å²) in [6.45, 7) is 6.64. The molecule has 0 aliphatic rings. The molecule has 3 rings (SSSR count). The topological polar surface area (TPSA) is 127 Å². The number of carbonyl (C=O) groups is 3. The van der Waals surface area contributed by atoms with E-state index >= 15 is 0 Å². The number of hydrogen-bond acceptors (Lipinski definition) is 8. The third kappa shape index (κ3) is 13.8. The van der Waals surface area contributed by atoms with Crippen molar-refractivity contribution in [3.05, 3.63) is 88.7 Å². The molecule has 0 saturated heterocycles. The normalized spacial score (nSPS) is 10.4. The third-order valence-electron chi connectivity index (χ3n) is 4.79. The van der Waals surface area contributed by atoms with E-state index in [1.54, 1.807) is 6.92 Å². The molecule has 1 aromatic heterocycles. The van der Waals surface area contributed by atoms with Crippen LogP contribution in [0.2, 0.25) is 5.02 Å².